The number of likely N-dealkylation sites (tertiary alicyclic amines) is 1. The number of amides is 2. The molecule has 5 nitrogen and oxygen atoms in total. The lowest BCUT2D eigenvalue weighted by atomic mass is 9.94. The highest BCUT2D eigenvalue weighted by molar-refractivity contribution is 5.91. The van der Waals surface area contributed by atoms with Crippen LogP contribution in [-0.2, 0) is 15.0 Å². The SMILES string of the molecule is NC(=O)CN1CCC(NC(=O)C2(c3ccccc3)CC2)CC1. The van der Waals surface area contributed by atoms with E-state index < -0.39 is 0 Å². The molecule has 0 aromatic heterocycles. The number of nitrogens with one attached hydrogen (secondary N) is 1. The second-order valence-corrected chi connectivity index (χ2v) is 6.44. The van der Waals surface area contributed by atoms with Crippen molar-refractivity contribution in [2.45, 2.75) is 37.1 Å². The summed E-state index contributed by atoms with van der Waals surface area (Å²) in [5.41, 5.74) is 6.04. The monoisotopic (exact) mass is 301 g/mol. The Morgan fingerprint density at radius 2 is 1.82 bits per heavy atom. The first kappa shape index (κ1) is 15.0. The molecule has 1 saturated carbocycles. The van der Waals surface area contributed by atoms with Crippen LogP contribution in [0.4, 0.5) is 0 Å². The molecular weight excluding hydrogens is 278 g/mol. The Morgan fingerprint density at radius 1 is 1.18 bits per heavy atom. The number of primary amides is 1. The molecule has 1 saturated heterocycles. The van der Waals surface area contributed by atoms with Gasteiger partial charge in [0, 0.05) is 19.1 Å². The van der Waals surface area contributed by atoms with E-state index in [1.54, 1.807) is 0 Å². The molecule has 5 heteroatoms. The van der Waals surface area contributed by atoms with Gasteiger partial charge >= 0.3 is 0 Å². The Balaban J connectivity index is 1.54. The molecule has 2 fully saturated rings. The summed E-state index contributed by atoms with van der Waals surface area (Å²) < 4.78 is 0. The molecule has 1 aliphatic heterocycles. The Hall–Kier alpha value is -1.88. The maximum absolute atomic E-state index is 12.7. The number of carbonyl (C=O) groups is 2. The van der Waals surface area contributed by atoms with Crippen molar-refractivity contribution in [1.82, 2.24) is 10.2 Å². The van der Waals surface area contributed by atoms with Crippen molar-refractivity contribution in [3.8, 4) is 0 Å². The van der Waals surface area contributed by atoms with Crippen LogP contribution in [0.25, 0.3) is 0 Å². The molecular formula is C17H23N3O2. The minimum absolute atomic E-state index is 0.159. The van der Waals surface area contributed by atoms with Crippen LogP contribution in [0.1, 0.15) is 31.2 Å². The predicted octanol–water partition coefficient (Wildman–Crippen LogP) is 0.784. The number of carbonyl (C=O) groups excluding carboxylic acids is 2. The molecule has 3 rings (SSSR count). The van der Waals surface area contributed by atoms with E-state index in [1.807, 2.05) is 30.3 Å². The smallest absolute Gasteiger partial charge is 0.231 e. The zero-order valence-electron chi connectivity index (χ0n) is 12.8. The predicted molar refractivity (Wildman–Crippen MR) is 84.2 cm³/mol. The van der Waals surface area contributed by atoms with E-state index in [0.717, 1.165) is 44.3 Å². The van der Waals surface area contributed by atoms with Crippen LogP contribution in [0.3, 0.4) is 0 Å². The number of piperidine rings is 1. The number of rotatable bonds is 5. The van der Waals surface area contributed by atoms with E-state index in [-0.39, 0.29) is 23.3 Å². The van der Waals surface area contributed by atoms with Crippen LogP contribution in [0.2, 0.25) is 0 Å². The fraction of sp³-hybridized carbons (Fsp3) is 0.529. The van der Waals surface area contributed by atoms with Gasteiger partial charge in [-0.15, -0.1) is 0 Å². The third kappa shape index (κ3) is 3.14. The molecule has 1 heterocycles. The summed E-state index contributed by atoms with van der Waals surface area (Å²) >= 11 is 0. The van der Waals surface area contributed by atoms with Gasteiger partial charge in [0.05, 0.1) is 12.0 Å². The average Bonchev–Trinajstić information content (AvgIpc) is 3.31. The second-order valence-electron chi connectivity index (χ2n) is 6.44. The van der Waals surface area contributed by atoms with Gasteiger partial charge in [-0.25, -0.2) is 0 Å². The summed E-state index contributed by atoms with van der Waals surface area (Å²) in [5, 5.41) is 3.21. The van der Waals surface area contributed by atoms with E-state index in [2.05, 4.69) is 10.2 Å². The maximum Gasteiger partial charge on any atom is 0.231 e. The molecule has 118 valence electrons. The van der Waals surface area contributed by atoms with Crippen molar-refractivity contribution >= 4 is 11.8 Å². The van der Waals surface area contributed by atoms with Crippen molar-refractivity contribution in [2.24, 2.45) is 5.73 Å². The molecule has 0 radical (unpaired) electrons. The van der Waals surface area contributed by atoms with Crippen LogP contribution in [0.15, 0.2) is 30.3 Å². The highest BCUT2D eigenvalue weighted by Gasteiger charge is 2.51. The zero-order valence-corrected chi connectivity index (χ0v) is 12.8. The Bertz CT molecular complexity index is 546. The second kappa shape index (κ2) is 6.08. The third-order valence-corrected chi connectivity index (χ3v) is 4.81. The first-order valence-electron chi connectivity index (χ1n) is 7.97. The lowest BCUT2D eigenvalue weighted by Crippen LogP contribution is -2.49. The summed E-state index contributed by atoms with van der Waals surface area (Å²) in [4.78, 5) is 25.6. The van der Waals surface area contributed by atoms with Crippen molar-refractivity contribution in [1.29, 1.82) is 0 Å². The number of hydrogen-bond donors (Lipinski definition) is 2. The molecule has 0 unspecified atom stereocenters. The fourth-order valence-electron chi connectivity index (χ4n) is 3.31. The summed E-state index contributed by atoms with van der Waals surface area (Å²) in [5.74, 6) is -0.129. The van der Waals surface area contributed by atoms with Crippen LogP contribution in [-0.4, -0.2) is 42.4 Å². The number of nitrogens with zero attached hydrogens (tertiary/aromatic N) is 1. The van der Waals surface area contributed by atoms with E-state index in [4.69, 9.17) is 5.73 Å². The Labute approximate surface area is 130 Å². The molecule has 0 atom stereocenters. The molecule has 1 aromatic rings. The Morgan fingerprint density at radius 3 is 2.36 bits per heavy atom. The Kier molecular flexibility index (Phi) is 4.16. The number of benzene rings is 1. The van der Waals surface area contributed by atoms with Gasteiger partial charge in [0.15, 0.2) is 0 Å². The van der Waals surface area contributed by atoms with Crippen molar-refractivity contribution in [3.05, 3.63) is 35.9 Å². The van der Waals surface area contributed by atoms with Gasteiger partial charge < -0.3 is 11.1 Å². The number of nitrogens with two attached hydrogens (primary N) is 1. The first-order valence-corrected chi connectivity index (χ1v) is 7.97. The van der Waals surface area contributed by atoms with Gasteiger partial charge in [0.25, 0.3) is 0 Å². The normalized spacial score (nSPS) is 21.3. The quantitative estimate of drug-likeness (QED) is 0.844. The third-order valence-electron chi connectivity index (χ3n) is 4.81. The molecule has 0 spiro atoms. The summed E-state index contributed by atoms with van der Waals surface area (Å²) in [6.07, 6.45) is 3.63. The molecule has 1 aliphatic carbocycles. The average molecular weight is 301 g/mol. The van der Waals surface area contributed by atoms with E-state index in [1.165, 1.54) is 0 Å². The van der Waals surface area contributed by atoms with Crippen LogP contribution in [0, 0.1) is 0 Å². The highest BCUT2D eigenvalue weighted by Crippen LogP contribution is 2.48. The van der Waals surface area contributed by atoms with Crippen LogP contribution in [0.5, 0.6) is 0 Å². The molecule has 1 aromatic carbocycles. The van der Waals surface area contributed by atoms with Gasteiger partial charge in [0.1, 0.15) is 0 Å². The van der Waals surface area contributed by atoms with Crippen molar-refractivity contribution in [3.63, 3.8) is 0 Å². The minimum atomic E-state index is -0.300. The zero-order chi connectivity index (χ0) is 15.6. The highest BCUT2D eigenvalue weighted by atomic mass is 16.2. The number of hydrogen-bond acceptors (Lipinski definition) is 3. The topological polar surface area (TPSA) is 75.4 Å². The van der Waals surface area contributed by atoms with Crippen LogP contribution < -0.4 is 11.1 Å². The van der Waals surface area contributed by atoms with E-state index in [0.29, 0.717) is 6.54 Å². The van der Waals surface area contributed by atoms with Gasteiger partial charge in [-0.05, 0) is 31.2 Å². The first-order chi connectivity index (χ1) is 10.6. The standard InChI is InChI=1S/C17H23N3O2/c18-15(21)12-20-10-6-14(7-11-20)19-16(22)17(8-9-17)13-4-2-1-3-5-13/h1-5,14H,6-12H2,(H2,18,21)(H,19,22). The molecule has 2 amide bonds. The molecule has 3 N–H and O–H groups in total. The van der Waals surface area contributed by atoms with Crippen LogP contribution >= 0.6 is 0 Å². The lowest BCUT2D eigenvalue weighted by molar-refractivity contribution is -0.125. The molecule has 0 bridgehead atoms. The molecule has 2 aliphatic rings. The molecule has 22 heavy (non-hydrogen) atoms. The van der Waals surface area contributed by atoms with Gasteiger partial charge in [-0.3, -0.25) is 14.5 Å². The van der Waals surface area contributed by atoms with Crippen molar-refractivity contribution in [2.75, 3.05) is 19.6 Å². The fourth-order valence-corrected chi connectivity index (χ4v) is 3.31. The summed E-state index contributed by atoms with van der Waals surface area (Å²) in [6, 6.07) is 10.3. The van der Waals surface area contributed by atoms with Crippen molar-refractivity contribution < 1.29 is 9.59 Å². The largest absolute Gasteiger partial charge is 0.369 e. The van der Waals surface area contributed by atoms with Gasteiger partial charge in [-0.1, -0.05) is 30.3 Å². The maximum atomic E-state index is 12.7. The lowest BCUT2D eigenvalue weighted by Gasteiger charge is -2.32. The summed E-state index contributed by atoms with van der Waals surface area (Å²) in [7, 11) is 0. The summed E-state index contributed by atoms with van der Waals surface area (Å²) in [6.45, 7) is 1.94. The van der Waals surface area contributed by atoms with Gasteiger partial charge in [-0.2, -0.15) is 0 Å². The van der Waals surface area contributed by atoms with E-state index >= 15 is 0 Å². The van der Waals surface area contributed by atoms with Gasteiger partial charge in [0.2, 0.25) is 11.8 Å². The minimum Gasteiger partial charge on any atom is -0.369 e. The van der Waals surface area contributed by atoms with E-state index in [9.17, 15) is 9.59 Å².